The van der Waals surface area contributed by atoms with E-state index < -0.39 is 0 Å². The molecule has 122 valence electrons. The minimum atomic E-state index is -0.268. The van der Waals surface area contributed by atoms with Gasteiger partial charge in [0, 0.05) is 11.3 Å². The Labute approximate surface area is 139 Å². The summed E-state index contributed by atoms with van der Waals surface area (Å²) in [6.45, 7) is 4.68. The SMILES string of the molecule is Cc1cc(C)n(Cc2ccc(C(=O)N/N=C/c3ccco3)cc2)n1. The molecule has 1 amide bonds. The number of aromatic nitrogens is 2. The minimum absolute atomic E-state index is 0.268. The van der Waals surface area contributed by atoms with Crippen LogP contribution in [0.1, 0.15) is 33.1 Å². The number of amides is 1. The summed E-state index contributed by atoms with van der Waals surface area (Å²) in [5.74, 6) is 0.311. The number of hydrogen-bond acceptors (Lipinski definition) is 4. The van der Waals surface area contributed by atoms with Crippen LogP contribution in [0.4, 0.5) is 0 Å². The number of carbonyl (C=O) groups excluding carboxylic acids is 1. The van der Waals surface area contributed by atoms with Crippen molar-refractivity contribution >= 4 is 12.1 Å². The molecule has 2 heterocycles. The topological polar surface area (TPSA) is 72.4 Å². The molecule has 0 aliphatic heterocycles. The molecule has 0 bridgehead atoms. The summed E-state index contributed by atoms with van der Waals surface area (Å²) < 4.78 is 7.04. The summed E-state index contributed by atoms with van der Waals surface area (Å²) in [4.78, 5) is 12.0. The molecule has 0 aliphatic carbocycles. The number of rotatable bonds is 5. The Morgan fingerprint density at radius 1 is 1.29 bits per heavy atom. The zero-order chi connectivity index (χ0) is 16.9. The van der Waals surface area contributed by atoms with Crippen LogP contribution in [-0.4, -0.2) is 21.9 Å². The first kappa shape index (κ1) is 15.7. The molecule has 3 aromatic rings. The second-order valence-electron chi connectivity index (χ2n) is 5.50. The molecular weight excluding hydrogens is 304 g/mol. The van der Waals surface area contributed by atoms with E-state index >= 15 is 0 Å². The van der Waals surface area contributed by atoms with Crippen LogP contribution in [0.2, 0.25) is 0 Å². The van der Waals surface area contributed by atoms with Crippen molar-refractivity contribution in [1.29, 1.82) is 0 Å². The molecule has 0 saturated heterocycles. The van der Waals surface area contributed by atoms with Gasteiger partial charge in [0.1, 0.15) is 5.76 Å². The van der Waals surface area contributed by atoms with Crippen molar-refractivity contribution in [3.05, 3.63) is 77.0 Å². The lowest BCUT2D eigenvalue weighted by Gasteiger charge is -2.06. The molecule has 1 N–H and O–H groups in total. The zero-order valence-corrected chi connectivity index (χ0v) is 13.6. The molecule has 6 nitrogen and oxygen atoms in total. The summed E-state index contributed by atoms with van der Waals surface area (Å²) in [5, 5.41) is 8.30. The number of nitrogens with one attached hydrogen (secondary N) is 1. The molecule has 0 radical (unpaired) electrons. The highest BCUT2D eigenvalue weighted by molar-refractivity contribution is 5.94. The maximum absolute atomic E-state index is 12.0. The number of hydrazone groups is 1. The third kappa shape index (κ3) is 3.78. The quantitative estimate of drug-likeness (QED) is 0.580. The van der Waals surface area contributed by atoms with Gasteiger partial charge in [-0.25, -0.2) is 5.43 Å². The van der Waals surface area contributed by atoms with Crippen LogP contribution >= 0.6 is 0 Å². The predicted octanol–water partition coefficient (Wildman–Crippen LogP) is 2.91. The molecule has 0 saturated carbocycles. The Morgan fingerprint density at radius 3 is 2.71 bits per heavy atom. The molecule has 3 rings (SSSR count). The molecule has 0 aliphatic rings. The molecule has 0 atom stereocenters. The van der Waals surface area contributed by atoms with Gasteiger partial charge in [0.05, 0.1) is 24.7 Å². The summed E-state index contributed by atoms with van der Waals surface area (Å²) in [7, 11) is 0. The first-order valence-corrected chi connectivity index (χ1v) is 7.59. The molecule has 1 aromatic carbocycles. The van der Waals surface area contributed by atoms with E-state index in [0.29, 0.717) is 17.9 Å². The van der Waals surface area contributed by atoms with E-state index in [4.69, 9.17) is 4.42 Å². The van der Waals surface area contributed by atoms with Crippen LogP contribution in [0.5, 0.6) is 0 Å². The standard InChI is InChI=1S/C18H18N4O2/c1-13-10-14(2)22(21-13)12-15-5-7-16(8-6-15)18(23)20-19-11-17-4-3-9-24-17/h3-11H,12H2,1-2H3,(H,20,23)/b19-11+. The number of furan rings is 1. The van der Waals surface area contributed by atoms with Crippen LogP contribution in [0.25, 0.3) is 0 Å². The van der Waals surface area contributed by atoms with E-state index in [9.17, 15) is 4.79 Å². The zero-order valence-electron chi connectivity index (χ0n) is 13.6. The van der Waals surface area contributed by atoms with Crippen molar-refractivity contribution in [3.63, 3.8) is 0 Å². The lowest BCUT2D eigenvalue weighted by atomic mass is 10.1. The second kappa shape index (κ2) is 6.95. The van der Waals surface area contributed by atoms with Gasteiger partial charge >= 0.3 is 0 Å². The van der Waals surface area contributed by atoms with Crippen molar-refractivity contribution in [2.45, 2.75) is 20.4 Å². The lowest BCUT2D eigenvalue weighted by molar-refractivity contribution is 0.0955. The van der Waals surface area contributed by atoms with Gasteiger partial charge in [-0.1, -0.05) is 12.1 Å². The lowest BCUT2D eigenvalue weighted by Crippen LogP contribution is -2.17. The number of aryl methyl sites for hydroxylation is 2. The molecule has 0 unspecified atom stereocenters. The van der Waals surface area contributed by atoms with Crippen LogP contribution in [0.15, 0.2) is 58.2 Å². The molecule has 2 aromatic heterocycles. The summed E-state index contributed by atoms with van der Waals surface area (Å²) in [6, 6.07) is 12.9. The smallest absolute Gasteiger partial charge is 0.271 e. The van der Waals surface area contributed by atoms with E-state index in [1.807, 2.05) is 36.7 Å². The predicted molar refractivity (Wildman–Crippen MR) is 91.0 cm³/mol. The third-order valence-electron chi connectivity index (χ3n) is 3.55. The molecule has 0 spiro atoms. The number of carbonyl (C=O) groups is 1. The van der Waals surface area contributed by atoms with Crippen molar-refractivity contribution in [2.24, 2.45) is 5.10 Å². The highest BCUT2D eigenvalue weighted by atomic mass is 16.3. The normalized spacial score (nSPS) is 11.1. The maximum Gasteiger partial charge on any atom is 0.271 e. The van der Waals surface area contributed by atoms with Crippen LogP contribution in [0.3, 0.4) is 0 Å². The Morgan fingerprint density at radius 2 is 2.08 bits per heavy atom. The minimum Gasteiger partial charge on any atom is -0.463 e. The molecule has 24 heavy (non-hydrogen) atoms. The maximum atomic E-state index is 12.0. The molecule has 0 fully saturated rings. The van der Waals surface area contributed by atoms with Gasteiger partial charge < -0.3 is 4.42 Å². The highest BCUT2D eigenvalue weighted by Crippen LogP contribution is 2.09. The average Bonchev–Trinajstić information content (AvgIpc) is 3.18. The van der Waals surface area contributed by atoms with Crippen molar-refractivity contribution in [2.75, 3.05) is 0 Å². The Hall–Kier alpha value is -3.15. The van der Waals surface area contributed by atoms with E-state index in [0.717, 1.165) is 17.0 Å². The second-order valence-corrected chi connectivity index (χ2v) is 5.50. The Balaban J connectivity index is 1.61. The Kier molecular flexibility index (Phi) is 4.56. The summed E-state index contributed by atoms with van der Waals surface area (Å²) >= 11 is 0. The van der Waals surface area contributed by atoms with Crippen LogP contribution in [-0.2, 0) is 6.54 Å². The fourth-order valence-corrected chi connectivity index (χ4v) is 2.35. The van der Waals surface area contributed by atoms with Gasteiger partial charge in [-0.2, -0.15) is 10.2 Å². The fraction of sp³-hybridized carbons (Fsp3) is 0.167. The van der Waals surface area contributed by atoms with Gasteiger partial charge in [0.15, 0.2) is 0 Å². The summed E-state index contributed by atoms with van der Waals surface area (Å²) in [5.41, 5.74) is 6.21. The van der Waals surface area contributed by atoms with Gasteiger partial charge in [-0.05, 0) is 49.7 Å². The molecular formula is C18H18N4O2. The van der Waals surface area contributed by atoms with Crippen molar-refractivity contribution in [3.8, 4) is 0 Å². The third-order valence-corrected chi connectivity index (χ3v) is 3.55. The number of benzene rings is 1. The van der Waals surface area contributed by atoms with Crippen LogP contribution < -0.4 is 5.43 Å². The molecule has 6 heteroatoms. The Bertz CT molecular complexity index is 846. The van der Waals surface area contributed by atoms with Crippen molar-refractivity contribution in [1.82, 2.24) is 15.2 Å². The number of nitrogens with zero attached hydrogens (tertiary/aromatic N) is 3. The van der Waals surface area contributed by atoms with E-state index in [1.54, 1.807) is 30.5 Å². The van der Waals surface area contributed by atoms with Gasteiger partial charge in [0.25, 0.3) is 5.91 Å². The van der Waals surface area contributed by atoms with Crippen molar-refractivity contribution < 1.29 is 9.21 Å². The average molecular weight is 322 g/mol. The van der Waals surface area contributed by atoms with E-state index in [2.05, 4.69) is 15.6 Å². The highest BCUT2D eigenvalue weighted by Gasteiger charge is 2.06. The van der Waals surface area contributed by atoms with Gasteiger partial charge in [-0.15, -0.1) is 0 Å². The fourth-order valence-electron chi connectivity index (χ4n) is 2.35. The monoisotopic (exact) mass is 322 g/mol. The number of hydrogen-bond donors (Lipinski definition) is 1. The first-order chi connectivity index (χ1) is 11.6. The largest absolute Gasteiger partial charge is 0.463 e. The first-order valence-electron chi connectivity index (χ1n) is 7.59. The van der Waals surface area contributed by atoms with Crippen LogP contribution in [0, 0.1) is 13.8 Å². The van der Waals surface area contributed by atoms with Gasteiger partial charge in [-0.3, -0.25) is 9.48 Å². The van der Waals surface area contributed by atoms with Gasteiger partial charge in [0.2, 0.25) is 0 Å². The summed E-state index contributed by atoms with van der Waals surface area (Å²) in [6.07, 6.45) is 3.00. The van der Waals surface area contributed by atoms with E-state index in [-0.39, 0.29) is 5.91 Å². The van der Waals surface area contributed by atoms with E-state index in [1.165, 1.54) is 6.21 Å².